The molecule has 0 aliphatic rings. The van der Waals surface area contributed by atoms with Gasteiger partial charge in [0, 0.05) is 60.8 Å². The van der Waals surface area contributed by atoms with Crippen LogP contribution in [0.5, 0.6) is 0 Å². The Morgan fingerprint density at radius 2 is 0.632 bits per heavy atom. The lowest BCUT2D eigenvalue weighted by Crippen LogP contribution is -2.62. The Balaban J connectivity index is 2.19. The molecule has 6 nitrogen and oxygen atoms in total. The van der Waals surface area contributed by atoms with Gasteiger partial charge in [0.05, 0.1) is 0 Å². The van der Waals surface area contributed by atoms with Gasteiger partial charge in [0.15, 0.2) is 0 Å². The molecule has 3 aromatic rings. The van der Waals surface area contributed by atoms with Gasteiger partial charge in [-0.05, 0) is 21.0 Å². The first-order valence-electron chi connectivity index (χ1n) is 12.8. The molecule has 0 heterocycles. The zero-order valence-corrected chi connectivity index (χ0v) is 26.7. The van der Waals surface area contributed by atoms with Gasteiger partial charge in [-0.2, -0.15) is 0 Å². The smallest absolute Gasteiger partial charge is 0.372 e. The van der Waals surface area contributed by atoms with E-state index < -0.39 is 31.1 Å². The summed E-state index contributed by atoms with van der Waals surface area (Å²) in [6.07, 6.45) is 0. The Morgan fingerprint density at radius 3 is 0.816 bits per heavy atom. The Morgan fingerprint density at radius 1 is 0.421 bits per heavy atom. The van der Waals surface area contributed by atoms with Crippen LogP contribution in [0.3, 0.4) is 0 Å². The molecule has 3 rings (SSSR count). The SMILES string of the molecule is CO[Si](CC(C)(C[Si](OC)(OC)c1ccccc1)C[Si](OC)(OC)c1ccccc1)(OC)c1ccccc1. The molecule has 9 heteroatoms. The van der Waals surface area contributed by atoms with Gasteiger partial charge in [-0.1, -0.05) is 97.9 Å². The molecule has 0 amide bonds. The van der Waals surface area contributed by atoms with Crippen LogP contribution in [0.15, 0.2) is 91.0 Å². The fourth-order valence-corrected chi connectivity index (χ4v) is 16.0. The summed E-state index contributed by atoms with van der Waals surface area (Å²) >= 11 is 0. The molecule has 3 aromatic carbocycles. The summed E-state index contributed by atoms with van der Waals surface area (Å²) in [5, 5.41) is 3.25. The summed E-state index contributed by atoms with van der Waals surface area (Å²) in [7, 11) is 1.88. The summed E-state index contributed by atoms with van der Waals surface area (Å²) in [5.74, 6) is 0. The lowest BCUT2D eigenvalue weighted by Gasteiger charge is -2.45. The maximum absolute atomic E-state index is 6.33. The van der Waals surface area contributed by atoms with E-state index in [0.29, 0.717) is 18.1 Å². The maximum Gasteiger partial charge on any atom is 0.372 e. The monoisotopic (exact) mass is 570 g/mol. The average Bonchev–Trinajstić information content (AvgIpc) is 2.99. The van der Waals surface area contributed by atoms with Crippen molar-refractivity contribution in [3.05, 3.63) is 91.0 Å². The van der Waals surface area contributed by atoms with Crippen molar-refractivity contribution in [2.75, 3.05) is 42.7 Å². The van der Waals surface area contributed by atoms with Crippen molar-refractivity contribution in [2.45, 2.75) is 25.1 Å². The van der Waals surface area contributed by atoms with Gasteiger partial charge >= 0.3 is 25.7 Å². The zero-order valence-electron chi connectivity index (χ0n) is 23.7. The van der Waals surface area contributed by atoms with Gasteiger partial charge in [0.1, 0.15) is 0 Å². The highest BCUT2D eigenvalue weighted by Crippen LogP contribution is 2.44. The lowest BCUT2D eigenvalue weighted by molar-refractivity contribution is 0.201. The number of rotatable bonds is 15. The van der Waals surface area contributed by atoms with Crippen LogP contribution in [-0.4, -0.2) is 68.3 Å². The first-order chi connectivity index (χ1) is 18.3. The van der Waals surface area contributed by atoms with Crippen molar-refractivity contribution in [1.29, 1.82) is 0 Å². The van der Waals surface area contributed by atoms with Crippen LogP contribution >= 0.6 is 0 Å². The fraction of sp³-hybridized carbons (Fsp3) is 0.379. The topological polar surface area (TPSA) is 55.4 Å². The molecule has 0 fully saturated rings. The van der Waals surface area contributed by atoms with Crippen LogP contribution in [0.4, 0.5) is 0 Å². The van der Waals surface area contributed by atoms with Crippen LogP contribution in [0.25, 0.3) is 0 Å². The van der Waals surface area contributed by atoms with E-state index in [1.807, 2.05) is 54.6 Å². The van der Waals surface area contributed by atoms with Crippen LogP contribution in [0.1, 0.15) is 6.92 Å². The summed E-state index contributed by atoms with van der Waals surface area (Å²) in [6, 6.07) is 32.8. The van der Waals surface area contributed by atoms with E-state index in [1.54, 1.807) is 42.7 Å². The molecular formula is C29H42O6Si3. The first kappa shape index (κ1) is 30.6. The molecule has 38 heavy (non-hydrogen) atoms. The van der Waals surface area contributed by atoms with Crippen LogP contribution in [0.2, 0.25) is 18.1 Å². The quantitative estimate of drug-likeness (QED) is 0.258. The Bertz CT molecular complexity index is 950. The van der Waals surface area contributed by atoms with E-state index in [0.717, 1.165) is 15.6 Å². The van der Waals surface area contributed by atoms with E-state index in [2.05, 4.69) is 43.3 Å². The van der Waals surface area contributed by atoms with Crippen molar-refractivity contribution in [3.63, 3.8) is 0 Å². The van der Waals surface area contributed by atoms with Gasteiger partial charge in [0.2, 0.25) is 0 Å². The minimum absolute atomic E-state index is 0.393. The zero-order chi connectivity index (χ0) is 27.7. The summed E-state index contributed by atoms with van der Waals surface area (Å²) < 4.78 is 38.0. The highest BCUT2D eigenvalue weighted by atomic mass is 28.4. The molecule has 0 aromatic heterocycles. The molecule has 0 saturated heterocycles. The summed E-state index contributed by atoms with van der Waals surface area (Å²) in [6.45, 7) is 2.28. The van der Waals surface area contributed by atoms with Gasteiger partial charge < -0.3 is 26.6 Å². The Hall–Kier alpha value is -1.93. The third-order valence-corrected chi connectivity index (χ3v) is 19.2. The molecule has 0 aliphatic carbocycles. The molecule has 0 radical (unpaired) electrons. The average molecular weight is 571 g/mol. The molecular weight excluding hydrogens is 529 g/mol. The van der Waals surface area contributed by atoms with Gasteiger partial charge in [-0.15, -0.1) is 0 Å². The van der Waals surface area contributed by atoms with Crippen molar-refractivity contribution < 1.29 is 26.6 Å². The molecule has 206 valence electrons. The third-order valence-electron chi connectivity index (χ3n) is 7.60. The molecule has 0 spiro atoms. The molecule has 0 N–H and O–H groups in total. The van der Waals surface area contributed by atoms with Gasteiger partial charge in [0.25, 0.3) is 0 Å². The second kappa shape index (κ2) is 13.4. The van der Waals surface area contributed by atoms with E-state index in [4.69, 9.17) is 26.6 Å². The molecule has 0 unspecified atom stereocenters. The Kier molecular flexibility index (Phi) is 10.8. The highest BCUT2D eigenvalue weighted by Gasteiger charge is 2.55. The molecule has 0 atom stereocenters. The second-order valence-electron chi connectivity index (χ2n) is 9.92. The van der Waals surface area contributed by atoms with E-state index >= 15 is 0 Å². The fourth-order valence-electron chi connectivity index (χ4n) is 5.65. The van der Waals surface area contributed by atoms with Crippen molar-refractivity contribution in [3.8, 4) is 0 Å². The van der Waals surface area contributed by atoms with Crippen molar-refractivity contribution >= 4 is 41.2 Å². The molecule has 0 bridgehead atoms. The molecule has 0 saturated carbocycles. The highest BCUT2D eigenvalue weighted by molar-refractivity contribution is 6.84. The largest absolute Gasteiger partial charge is 0.394 e. The minimum atomic E-state index is -2.89. The first-order valence-corrected chi connectivity index (χ1v) is 18.8. The minimum Gasteiger partial charge on any atom is -0.394 e. The van der Waals surface area contributed by atoms with Crippen LogP contribution < -0.4 is 15.6 Å². The predicted octanol–water partition coefficient (Wildman–Crippen LogP) is 3.92. The lowest BCUT2D eigenvalue weighted by atomic mass is 9.99. The number of hydrogen-bond donors (Lipinski definition) is 0. The Labute approximate surface area is 231 Å². The van der Waals surface area contributed by atoms with Crippen molar-refractivity contribution in [2.24, 2.45) is 5.41 Å². The van der Waals surface area contributed by atoms with Gasteiger partial charge in [-0.3, -0.25) is 0 Å². The van der Waals surface area contributed by atoms with Gasteiger partial charge in [-0.25, -0.2) is 0 Å². The second-order valence-corrected chi connectivity index (χ2v) is 19.7. The third kappa shape index (κ3) is 6.44. The summed E-state index contributed by atoms with van der Waals surface area (Å²) in [4.78, 5) is 0. The predicted molar refractivity (Wildman–Crippen MR) is 160 cm³/mol. The van der Waals surface area contributed by atoms with Crippen molar-refractivity contribution in [1.82, 2.24) is 0 Å². The molecule has 0 aliphatic heterocycles. The summed E-state index contributed by atoms with van der Waals surface area (Å²) in [5.41, 5.74) is -0.393. The standard InChI is InChI=1S/C29H42O6Si3/c1-29(23-36(30-2,31-3)26-17-11-8-12-18-26,24-37(32-4,33-5)27-19-13-9-14-20-27)25-38(34-6,35-7)28-21-15-10-16-22-28/h8-22H,23-25H2,1-7H3. The maximum atomic E-state index is 6.33. The number of hydrogen-bond acceptors (Lipinski definition) is 6. The van der Waals surface area contributed by atoms with Crippen LogP contribution in [-0.2, 0) is 26.6 Å². The van der Waals surface area contributed by atoms with E-state index in [1.165, 1.54) is 0 Å². The van der Waals surface area contributed by atoms with E-state index in [-0.39, 0.29) is 0 Å². The van der Waals surface area contributed by atoms with E-state index in [9.17, 15) is 0 Å². The normalized spacial score (nSPS) is 13.0. The number of benzene rings is 3. The van der Waals surface area contributed by atoms with Crippen LogP contribution in [0, 0.1) is 5.41 Å².